The maximum absolute atomic E-state index is 12.4. The summed E-state index contributed by atoms with van der Waals surface area (Å²) in [7, 11) is -3.59. The van der Waals surface area contributed by atoms with E-state index in [0.29, 0.717) is 12.0 Å². The Morgan fingerprint density at radius 1 is 1.40 bits per heavy atom. The molecule has 0 aromatic heterocycles. The Labute approximate surface area is 118 Å². The zero-order valence-corrected chi connectivity index (χ0v) is 12.1. The molecule has 2 rings (SSSR count). The summed E-state index contributed by atoms with van der Waals surface area (Å²) in [5.41, 5.74) is 6.31. The zero-order chi connectivity index (χ0) is 14.8. The average molecular weight is 297 g/mol. The molecule has 110 valence electrons. The number of amidine groups is 1. The van der Waals surface area contributed by atoms with Crippen LogP contribution in [-0.4, -0.2) is 25.5 Å². The number of oxime groups is 1. The van der Waals surface area contributed by atoms with E-state index in [2.05, 4.69) is 9.88 Å². The number of nitrogens with two attached hydrogens (primary N) is 1. The van der Waals surface area contributed by atoms with Gasteiger partial charge in [-0.2, -0.15) is 0 Å². The first-order valence-corrected chi connectivity index (χ1v) is 7.99. The van der Waals surface area contributed by atoms with Crippen LogP contribution >= 0.6 is 0 Å². The van der Waals surface area contributed by atoms with Gasteiger partial charge in [0, 0.05) is 12.0 Å². The number of sulfonamides is 1. The molecular formula is C13H19N3O3S. The quantitative estimate of drug-likeness (QED) is 0.336. The van der Waals surface area contributed by atoms with E-state index >= 15 is 0 Å². The summed E-state index contributed by atoms with van der Waals surface area (Å²) in [5, 5.41) is 11.8. The van der Waals surface area contributed by atoms with Gasteiger partial charge in [-0.3, -0.25) is 0 Å². The molecule has 1 aliphatic rings. The summed E-state index contributed by atoms with van der Waals surface area (Å²) in [6.45, 7) is 1.75. The summed E-state index contributed by atoms with van der Waals surface area (Å²) < 4.78 is 27.5. The lowest BCUT2D eigenvalue weighted by atomic mass is 10.0. The van der Waals surface area contributed by atoms with Gasteiger partial charge in [-0.25, -0.2) is 13.1 Å². The normalized spacial score (nSPS) is 23.9. The van der Waals surface area contributed by atoms with Crippen LogP contribution in [0.15, 0.2) is 34.3 Å². The summed E-state index contributed by atoms with van der Waals surface area (Å²) in [5.74, 6) is -0.168. The third kappa shape index (κ3) is 2.94. The number of hydrogen-bond acceptors (Lipinski definition) is 4. The van der Waals surface area contributed by atoms with Crippen molar-refractivity contribution in [3.05, 3.63) is 29.8 Å². The van der Waals surface area contributed by atoms with Crippen LogP contribution in [0.1, 0.15) is 24.8 Å². The lowest BCUT2D eigenvalue weighted by Gasteiger charge is -2.20. The number of hydrogen-bond donors (Lipinski definition) is 3. The molecule has 2 atom stereocenters. The standard InChI is InChI=1S/C13H19N3O3S/c1-9-5-2-3-8-12(9)20(18,19)16-11-7-4-6-10(11)13(14)15-17/h2-3,5,8,10-11,16-17H,4,6-7H2,1H3,(H2,14,15). The summed E-state index contributed by atoms with van der Waals surface area (Å²) in [6.07, 6.45) is 2.25. The van der Waals surface area contributed by atoms with Crippen molar-refractivity contribution in [3.63, 3.8) is 0 Å². The van der Waals surface area contributed by atoms with Gasteiger partial charge in [-0.1, -0.05) is 29.8 Å². The van der Waals surface area contributed by atoms with Gasteiger partial charge in [0.2, 0.25) is 10.0 Å². The van der Waals surface area contributed by atoms with Crippen molar-refractivity contribution in [2.24, 2.45) is 16.8 Å². The SMILES string of the molecule is Cc1ccccc1S(=O)(=O)NC1CCCC1C(N)=NO. The van der Waals surface area contributed by atoms with Crippen molar-refractivity contribution in [3.8, 4) is 0 Å². The second-order valence-electron chi connectivity index (χ2n) is 5.06. The topological polar surface area (TPSA) is 105 Å². The van der Waals surface area contributed by atoms with E-state index < -0.39 is 10.0 Å². The second-order valence-corrected chi connectivity index (χ2v) is 6.74. The number of nitrogens with one attached hydrogen (secondary N) is 1. The first-order chi connectivity index (χ1) is 9.45. The first kappa shape index (κ1) is 14.8. The molecule has 7 heteroatoms. The highest BCUT2D eigenvalue weighted by molar-refractivity contribution is 7.89. The van der Waals surface area contributed by atoms with Crippen molar-refractivity contribution in [2.75, 3.05) is 0 Å². The molecule has 6 nitrogen and oxygen atoms in total. The van der Waals surface area contributed by atoms with Gasteiger partial charge in [-0.05, 0) is 31.4 Å². The third-order valence-electron chi connectivity index (χ3n) is 3.70. The van der Waals surface area contributed by atoms with Crippen LogP contribution in [0.25, 0.3) is 0 Å². The van der Waals surface area contributed by atoms with Gasteiger partial charge in [0.05, 0.1) is 4.90 Å². The number of rotatable bonds is 4. The van der Waals surface area contributed by atoms with Crippen LogP contribution in [0.4, 0.5) is 0 Å². The van der Waals surface area contributed by atoms with Crippen molar-refractivity contribution in [1.82, 2.24) is 4.72 Å². The van der Waals surface area contributed by atoms with E-state index in [0.717, 1.165) is 12.8 Å². The predicted molar refractivity (Wildman–Crippen MR) is 76.0 cm³/mol. The molecule has 1 aliphatic carbocycles. The average Bonchev–Trinajstić information content (AvgIpc) is 2.85. The van der Waals surface area contributed by atoms with E-state index in [1.165, 1.54) is 0 Å². The summed E-state index contributed by atoms with van der Waals surface area (Å²) >= 11 is 0. The molecule has 0 spiro atoms. The monoisotopic (exact) mass is 297 g/mol. The van der Waals surface area contributed by atoms with Gasteiger partial charge in [0.15, 0.2) is 0 Å². The van der Waals surface area contributed by atoms with E-state index in [9.17, 15) is 8.42 Å². The van der Waals surface area contributed by atoms with Crippen LogP contribution in [-0.2, 0) is 10.0 Å². The molecule has 0 bridgehead atoms. The van der Waals surface area contributed by atoms with Crippen LogP contribution in [0.3, 0.4) is 0 Å². The van der Waals surface area contributed by atoms with Crippen LogP contribution in [0.2, 0.25) is 0 Å². The van der Waals surface area contributed by atoms with Crippen molar-refractivity contribution in [1.29, 1.82) is 0 Å². The Kier molecular flexibility index (Phi) is 4.29. The minimum Gasteiger partial charge on any atom is -0.409 e. The molecule has 1 aromatic rings. The lowest BCUT2D eigenvalue weighted by Crippen LogP contribution is -2.42. The van der Waals surface area contributed by atoms with Crippen molar-refractivity contribution < 1.29 is 13.6 Å². The van der Waals surface area contributed by atoms with Gasteiger partial charge in [0.25, 0.3) is 0 Å². The van der Waals surface area contributed by atoms with Gasteiger partial charge >= 0.3 is 0 Å². The van der Waals surface area contributed by atoms with E-state index in [-0.39, 0.29) is 22.7 Å². The molecule has 0 aliphatic heterocycles. The Hall–Kier alpha value is -1.60. The molecule has 0 heterocycles. The molecule has 0 amide bonds. The Balaban J connectivity index is 2.23. The smallest absolute Gasteiger partial charge is 0.241 e. The molecule has 0 radical (unpaired) electrons. The molecule has 1 fully saturated rings. The molecule has 1 aromatic carbocycles. The fourth-order valence-electron chi connectivity index (χ4n) is 2.65. The number of nitrogens with zero attached hydrogens (tertiary/aromatic N) is 1. The van der Waals surface area contributed by atoms with E-state index in [1.807, 2.05) is 0 Å². The minimum atomic E-state index is -3.59. The van der Waals surface area contributed by atoms with Gasteiger partial charge in [0.1, 0.15) is 5.84 Å². The fraction of sp³-hybridized carbons (Fsp3) is 0.462. The predicted octanol–water partition coefficient (Wildman–Crippen LogP) is 1.19. The van der Waals surface area contributed by atoms with Gasteiger partial charge in [-0.15, -0.1) is 0 Å². The summed E-state index contributed by atoms with van der Waals surface area (Å²) in [6, 6.07) is 6.49. The molecule has 0 saturated heterocycles. The fourth-order valence-corrected chi connectivity index (χ4v) is 4.21. The van der Waals surface area contributed by atoms with E-state index in [1.54, 1.807) is 31.2 Å². The number of benzene rings is 1. The minimum absolute atomic E-state index is 0.0833. The molecule has 1 saturated carbocycles. The van der Waals surface area contributed by atoms with E-state index in [4.69, 9.17) is 10.9 Å². The van der Waals surface area contributed by atoms with Crippen molar-refractivity contribution >= 4 is 15.9 Å². The summed E-state index contributed by atoms with van der Waals surface area (Å²) in [4.78, 5) is 0.269. The van der Waals surface area contributed by atoms with Gasteiger partial charge < -0.3 is 10.9 Å². The largest absolute Gasteiger partial charge is 0.409 e. The highest BCUT2D eigenvalue weighted by atomic mass is 32.2. The highest BCUT2D eigenvalue weighted by Gasteiger charge is 2.34. The molecule has 4 N–H and O–H groups in total. The first-order valence-electron chi connectivity index (χ1n) is 6.51. The van der Waals surface area contributed by atoms with Crippen LogP contribution in [0.5, 0.6) is 0 Å². The maximum atomic E-state index is 12.4. The highest BCUT2D eigenvalue weighted by Crippen LogP contribution is 2.27. The van der Waals surface area contributed by atoms with Crippen LogP contribution in [0, 0.1) is 12.8 Å². The van der Waals surface area contributed by atoms with Crippen LogP contribution < -0.4 is 10.5 Å². The molecular weight excluding hydrogens is 278 g/mol. The second kappa shape index (κ2) is 5.80. The lowest BCUT2D eigenvalue weighted by molar-refractivity contribution is 0.312. The Morgan fingerprint density at radius 3 is 2.75 bits per heavy atom. The zero-order valence-electron chi connectivity index (χ0n) is 11.3. The Morgan fingerprint density at radius 2 is 2.10 bits per heavy atom. The molecule has 20 heavy (non-hydrogen) atoms. The maximum Gasteiger partial charge on any atom is 0.241 e. The third-order valence-corrected chi connectivity index (χ3v) is 5.35. The number of aryl methyl sites for hydroxylation is 1. The molecule has 2 unspecified atom stereocenters. The van der Waals surface area contributed by atoms with Crippen molar-refractivity contribution in [2.45, 2.75) is 37.1 Å². The Bertz CT molecular complexity index is 613.